The molecule has 2 atom stereocenters. The minimum atomic E-state index is 0.0911. The molecule has 1 aliphatic rings. The summed E-state index contributed by atoms with van der Waals surface area (Å²) in [5.41, 5.74) is 2.95. The van der Waals surface area contributed by atoms with Gasteiger partial charge in [-0.1, -0.05) is 77.0 Å². The molecule has 0 spiro atoms. The van der Waals surface area contributed by atoms with E-state index in [1.54, 1.807) is 0 Å². The molecule has 1 fully saturated rings. The average Bonchev–Trinajstić information content (AvgIpc) is 2.95. The molecule has 0 N–H and O–H groups in total. The summed E-state index contributed by atoms with van der Waals surface area (Å²) in [6.07, 6.45) is 1.25. The lowest BCUT2D eigenvalue weighted by atomic mass is 9.67. The zero-order valence-corrected chi connectivity index (χ0v) is 13.2. The van der Waals surface area contributed by atoms with E-state index in [9.17, 15) is 0 Å². The predicted octanol–water partition coefficient (Wildman–Crippen LogP) is 4.10. The molecule has 2 heteroatoms. The van der Waals surface area contributed by atoms with Crippen LogP contribution in [0.5, 0.6) is 0 Å². The highest BCUT2D eigenvalue weighted by molar-refractivity contribution is 7.13. The Morgan fingerprint density at radius 1 is 0.950 bits per heavy atom. The Hall–Kier alpha value is -1.17. The van der Waals surface area contributed by atoms with E-state index in [0.717, 1.165) is 6.54 Å². The summed E-state index contributed by atoms with van der Waals surface area (Å²) < 4.78 is 2.37. The van der Waals surface area contributed by atoms with Crippen molar-refractivity contribution >= 4 is 9.39 Å². The number of hydrogen-bond acceptors (Lipinski definition) is 1. The highest BCUT2D eigenvalue weighted by Crippen LogP contribution is 2.43. The predicted molar refractivity (Wildman–Crippen MR) is 88.7 cm³/mol. The van der Waals surface area contributed by atoms with Gasteiger partial charge < -0.3 is 0 Å². The van der Waals surface area contributed by atoms with E-state index < -0.39 is 0 Å². The molecule has 0 radical (unpaired) electrons. The summed E-state index contributed by atoms with van der Waals surface area (Å²) in [4.78, 5) is 0. The Bertz CT molecular complexity index is 513. The standard InChI is InChI=1S/C18H22NP/c1-18(15-8-4-2-5-9-15,16-10-6-3-7-11-16)17-12-13-19(20)14-17/h2-11,17H,12-14,20H2,1H3. The highest BCUT2D eigenvalue weighted by Gasteiger charge is 2.40. The van der Waals surface area contributed by atoms with Crippen LogP contribution in [0.2, 0.25) is 0 Å². The summed E-state index contributed by atoms with van der Waals surface area (Å²) in [7, 11) is 2.86. The smallest absolute Gasteiger partial charge is 0.0215 e. The van der Waals surface area contributed by atoms with Gasteiger partial charge in [-0.15, -0.1) is 0 Å². The molecule has 1 saturated heterocycles. The first kappa shape index (κ1) is 13.8. The van der Waals surface area contributed by atoms with Crippen LogP contribution in [0, 0.1) is 5.92 Å². The van der Waals surface area contributed by atoms with Crippen molar-refractivity contribution in [3.05, 3.63) is 71.8 Å². The summed E-state index contributed by atoms with van der Waals surface area (Å²) in [5.74, 6) is 0.657. The van der Waals surface area contributed by atoms with Gasteiger partial charge in [0.1, 0.15) is 0 Å². The lowest BCUT2D eigenvalue weighted by Gasteiger charge is -2.37. The van der Waals surface area contributed by atoms with E-state index in [2.05, 4.69) is 81.6 Å². The maximum Gasteiger partial charge on any atom is 0.0215 e. The lowest BCUT2D eigenvalue weighted by molar-refractivity contribution is 0.359. The van der Waals surface area contributed by atoms with E-state index in [4.69, 9.17) is 0 Å². The average molecular weight is 283 g/mol. The SMILES string of the molecule is CC(c1ccccc1)(c1ccccc1)C1CCN(P)C1. The number of hydrogen-bond donors (Lipinski definition) is 0. The van der Waals surface area contributed by atoms with E-state index in [1.165, 1.54) is 24.1 Å². The van der Waals surface area contributed by atoms with Gasteiger partial charge in [0, 0.05) is 18.5 Å². The molecule has 1 nitrogen and oxygen atoms in total. The fourth-order valence-electron chi connectivity index (χ4n) is 3.47. The number of nitrogens with zero attached hydrogens (tertiary/aromatic N) is 1. The van der Waals surface area contributed by atoms with Crippen molar-refractivity contribution in [1.82, 2.24) is 4.67 Å². The lowest BCUT2D eigenvalue weighted by Crippen LogP contribution is -2.34. The fourth-order valence-corrected chi connectivity index (χ4v) is 3.87. The third kappa shape index (κ3) is 2.41. The highest BCUT2D eigenvalue weighted by atomic mass is 31.0. The van der Waals surface area contributed by atoms with Gasteiger partial charge in [0.2, 0.25) is 0 Å². The van der Waals surface area contributed by atoms with Crippen molar-refractivity contribution < 1.29 is 0 Å². The Kier molecular flexibility index (Phi) is 3.92. The minimum Gasteiger partial charge on any atom is -0.287 e. The first-order valence-corrected chi connectivity index (χ1v) is 7.83. The topological polar surface area (TPSA) is 3.24 Å². The molecule has 3 rings (SSSR count). The van der Waals surface area contributed by atoms with Crippen LogP contribution in [0.3, 0.4) is 0 Å². The molecule has 0 amide bonds. The molecule has 0 aromatic heterocycles. The van der Waals surface area contributed by atoms with E-state index in [1.807, 2.05) is 0 Å². The van der Waals surface area contributed by atoms with E-state index >= 15 is 0 Å². The fraction of sp³-hybridized carbons (Fsp3) is 0.333. The molecule has 1 heterocycles. The van der Waals surface area contributed by atoms with Gasteiger partial charge in [-0.25, -0.2) is 0 Å². The van der Waals surface area contributed by atoms with Crippen LogP contribution in [0.4, 0.5) is 0 Å². The molecule has 0 aliphatic carbocycles. The zero-order chi connectivity index (χ0) is 14.0. The number of rotatable bonds is 3. The minimum absolute atomic E-state index is 0.0911. The quantitative estimate of drug-likeness (QED) is 0.766. The Balaban J connectivity index is 2.08. The molecule has 0 saturated carbocycles. The summed E-state index contributed by atoms with van der Waals surface area (Å²) >= 11 is 0. The second-order valence-electron chi connectivity index (χ2n) is 5.91. The normalized spacial score (nSPS) is 20.2. The molecular weight excluding hydrogens is 261 g/mol. The zero-order valence-electron chi connectivity index (χ0n) is 12.0. The van der Waals surface area contributed by atoms with Crippen LogP contribution in [-0.2, 0) is 5.41 Å². The van der Waals surface area contributed by atoms with Crippen LogP contribution in [0.1, 0.15) is 24.5 Å². The first-order chi connectivity index (χ1) is 9.71. The molecule has 20 heavy (non-hydrogen) atoms. The Morgan fingerprint density at radius 2 is 1.45 bits per heavy atom. The van der Waals surface area contributed by atoms with Crippen molar-refractivity contribution in [3.8, 4) is 0 Å². The monoisotopic (exact) mass is 283 g/mol. The summed E-state index contributed by atoms with van der Waals surface area (Å²) in [5, 5.41) is 0. The van der Waals surface area contributed by atoms with Crippen LogP contribution in [0.25, 0.3) is 0 Å². The largest absolute Gasteiger partial charge is 0.287 e. The van der Waals surface area contributed by atoms with Crippen molar-refractivity contribution in [1.29, 1.82) is 0 Å². The van der Waals surface area contributed by atoms with Gasteiger partial charge in [-0.05, 0) is 23.5 Å². The van der Waals surface area contributed by atoms with Crippen LogP contribution >= 0.6 is 9.39 Å². The molecule has 1 aliphatic heterocycles. The maximum absolute atomic E-state index is 2.86. The second kappa shape index (κ2) is 5.68. The first-order valence-electron chi connectivity index (χ1n) is 7.32. The van der Waals surface area contributed by atoms with Crippen molar-refractivity contribution in [3.63, 3.8) is 0 Å². The van der Waals surface area contributed by atoms with Gasteiger partial charge in [0.25, 0.3) is 0 Å². The van der Waals surface area contributed by atoms with Gasteiger partial charge in [-0.3, -0.25) is 4.67 Å². The van der Waals surface area contributed by atoms with Gasteiger partial charge in [-0.2, -0.15) is 0 Å². The number of benzene rings is 2. The van der Waals surface area contributed by atoms with Gasteiger partial charge in [0.05, 0.1) is 0 Å². The third-order valence-corrected chi connectivity index (χ3v) is 5.25. The third-order valence-electron chi connectivity index (χ3n) is 4.78. The van der Waals surface area contributed by atoms with Crippen LogP contribution < -0.4 is 0 Å². The molecule has 104 valence electrons. The molecule has 2 aromatic carbocycles. The summed E-state index contributed by atoms with van der Waals surface area (Å²) in [6.45, 7) is 4.72. The summed E-state index contributed by atoms with van der Waals surface area (Å²) in [6, 6.07) is 21.9. The van der Waals surface area contributed by atoms with Gasteiger partial charge >= 0.3 is 0 Å². The second-order valence-corrected chi connectivity index (χ2v) is 6.65. The van der Waals surface area contributed by atoms with Crippen molar-refractivity contribution in [2.45, 2.75) is 18.8 Å². The Morgan fingerprint density at radius 3 is 1.85 bits per heavy atom. The molecule has 2 unspecified atom stereocenters. The van der Waals surface area contributed by atoms with E-state index in [0.29, 0.717) is 5.92 Å². The van der Waals surface area contributed by atoms with Crippen molar-refractivity contribution in [2.75, 3.05) is 13.1 Å². The van der Waals surface area contributed by atoms with Crippen LogP contribution in [-0.4, -0.2) is 17.8 Å². The van der Waals surface area contributed by atoms with Crippen LogP contribution in [0.15, 0.2) is 60.7 Å². The molecule has 2 aromatic rings. The van der Waals surface area contributed by atoms with Crippen molar-refractivity contribution in [2.24, 2.45) is 5.92 Å². The molecular formula is C18H22NP. The Labute approximate surface area is 124 Å². The molecule has 0 bridgehead atoms. The van der Waals surface area contributed by atoms with Gasteiger partial charge in [0.15, 0.2) is 0 Å². The maximum atomic E-state index is 2.86. The van der Waals surface area contributed by atoms with E-state index in [-0.39, 0.29) is 5.41 Å².